The van der Waals surface area contributed by atoms with Gasteiger partial charge in [0.25, 0.3) is 0 Å². The summed E-state index contributed by atoms with van der Waals surface area (Å²) < 4.78 is 5.65. The first kappa shape index (κ1) is 8.25. The van der Waals surface area contributed by atoms with E-state index in [1.54, 1.807) is 12.3 Å². The number of aromatic carboxylic acids is 1. The number of nitrogens with zero attached hydrogens (tertiary/aromatic N) is 1. The number of halogens is 1. The van der Waals surface area contributed by atoms with Gasteiger partial charge in [-0.15, -0.1) is 0 Å². The van der Waals surface area contributed by atoms with E-state index in [9.17, 15) is 4.79 Å². The van der Waals surface area contributed by atoms with Crippen molar-refractivity contribution in [2.45, 2.75) is 0 Å². The fraction of sp³-hybridized carbons (Fsp3) is 0. The maximum atomic E-state index is 10.7. The molecule has 0 aliphatic rings. The quantitative estimate of drug-likeness (QED) is 0.833. The van der Waals surface area contributed by atoms with Crippen LogP contribution >= 0.6 is 15.9 Å². The summed E-state index contributed by atoms with van der Waals surface area (Å²) in [7, 11) is 0. The van der Waals surface area contributed by atoms with Crippen molar-refractivity contribution < 1.29 is 14.3 Å². The molecular formula is C8H4BrNO3. The second kappa shape index (κ2) is 2.85. The molecule has 2 aromatic rings. The highest BCUT2D eigenvalue weighted by molar-refractivity contribution is 9.10. The van der Waals surface area contributed by atoms with E-state index < -0.39 is 5.97 Å². The minimum absolute atomic E-state index is 0.0724. The zero-order valence-corrected chi connectivity index (χ0v) is 7.91. The summed E-state index contributed by atoms with van der Waals surface area (Å²) in [6, 6.07) is 1.68. The Hall–Kier alpha value is -1.36. The molecular weight excluding hydrogens is 238 g/mol. The Morgan fingerprint density at radius 2 is 2.31 bits per heavy atom. The SMILES string of the molecule is O=C(O)c1cncc2cc(Br)oc12. The van der Waals surface area contributed by atoms with Crippen LogP contribution in [0.2, 0.25) is 0 Å². The summed E-state index contributed by atoms with van der Waals surface area (Å²) in [5.74, 6) is -1.04. The summed E-state index contributed by atoms with van der Waals surface area (Å²) >= 11 is 3.12. The molecule has 2 heterocycles. The molecule has 0 saturated carbocycles. The number of furan rings is 1. The lowest BCUT2D eigenvalue weighted by Gasteiger charge is -1.92. The number of hydrogen-bond donors (Lipinski definition) is 1. The molecule has 2 aromatic heterocycles. The van der Waals surface area contributed by atoms with Crippen molar-refractivity contribution in [2.75, 3.05) is 0 Å². The second-order valence-corrected chi connectivity index (χ2v) is 3.24. The first-order chi connectivity index (χ1) is 6.18. The Kier molecular flexibility index (Phi) is 1.81. The Bertz CT molecular complexity index is 477. The predicted molar refractivity (Wildman–Crippen MR) is 48.7 cm³/mol. The minimum atomic E-state index is -1.04. The third-order valence-corrected chi connectivity index (χ3v) is 2.01. The fourth-order valence-electron chi connectivity index (χ4n) is 1.08. The molecule has 0 bridgehead atoms. The molecule has 1 N–H and O–H groups in total. The van der Waals surface area contributed by atoms with Gasteiger partial charge in [-0.05, 0) is 15.9 Å². The van der Waals surface area contributed by atoms with Crippen LogP contribution in [-0.4, -0.2) is 16.1 Å². The van der Waals surface area contributed by atoms with E-state index in [2.05, 4.69) is 20.9 Å². The Morgan fingerprint density at radius 1 is 1.54 bits per heavy atom. The first-order valence-electron chi connectivity index (χ1n) is 3.45. The van der Waals surface area contributed by atoms with Crippen LogP contribution in [0.4, 0.5) is 0 Å². The number of pyridine rings is 1. The molecule has 0 aliphatic carbocycles. The summed E-state index contributed by atoms with van der Waals surface area (Å²) in [5.41, 5.74) is 0.414. The van der Waals surface area contributed by atoms with Crippen molar-refractivity contribution in [3.8, 4) is 0 Å². The van der Waals surface area contributed by atoms with E-state index in [1.165, 1.54) is 6.20 Å². The molecule has 66 valence electrons. The van der Waals surface area contributed by atoms with E-state index in [4.69, 9.17) is 9.52 Å². The molecule has 0 unspecified atom stereocenters. The lowest BCUT2D eigenvalue weighted by molar-refractivity contribution is 0.0697. The van der Waals surface area contributed by atoms with Crippen molar-refractivity contribution in [2.24, 2.45) is 0 Å². The van der Waals surface area contributed by atoms with Gasteiger partial charge >= 0.3 is 5.97 Å². The first-order valence-corrected chi connectivity index (χ1v) is 4.24. The van der Waals surface area contributed by atoms with Crippen LogP contribution in [0.1, 0.15) is 10.4 Å². The summed E-state index contributed by atoms with van der Waals surface area (Å²) in [4.78, 5) is 14.5. The Balaban J connectivity index is 2.82. The Morgan fingerprint density at radius 3 is 3.00 bits per heavy atom. The lowest BCUT2D eigenvalue weighted by Crippen LogP contribution is -1.96. The van der Waals surface area contributed by atoms with Gasteiger partial charge in [0.1, 0.15) is 5.56 Å². The van der Waals surface area contributed by atoms with E-state index in [1.807, 2.05) is 0 Å². The maximum absolute atomic E-state index is 10.7. The highest BCUT2D eigenvalue weighted by Gasteiger charge is 2.12. The summed E-state index contributed by atoms with van der Waals surface area (Å²) in [6.07, 6.45) is 2.82. The number of rotatable bonds is 1. The van der Waals surface area contributed by atoms with Crippen molar-refractivity contribution in [1.82, 2.24) is 4.98 Å². The van der Waals surface area contributed by atoms with Gasteiger partial charge < -0.3 is 9.52 Å². The predicted octanol–water partition coefficient (Wildman–Crippen LogP) is 2.29. The van der Waals surface area contributed by atoms with Crippen LogP contribution in [0.3, 0.4) is 0 Å². The van der Waals surface area contributed by atoms with Crippen molar-refractivity contribution in [3.05, 3.63) is 28.7 Å². The van der Waals surface area contributed by atoms with Crippen LogP contribution in [0.15, 0.2) is 27.5 Å². The Labute approximate surface area is 81.3 Å². The van der Waals surface area contributed by atoms with Crippen LogP contribution in [0, 0.1) is 0 Å². The van der Waals surface area contributed by atoms with Crippen LogP contribution < -0.4 is 0 Å². The lowest BCUT2D eigenvalue weighted by atomic mass is 10.2. The van der Waals surface area contributed by atoms with Crippen LogP contribution in [0.5, 0.6) is 0 Å². The molecule has 0 aliphatic heterocycles. The van der Waals surface area contributed by atoms with Crippen molar-refractivity contribution in [3.63, 3.8) is 0 Å². The highest BCUT2D eigenvalue weighted by Crippen LogP contribution is 2.25. The standard InChI is InChI=1S/C8H4BrNO3/c9-6-1-4-2-10-3-5(8(11)12)7(4)13-6/h1-3H,(H,11,12). The van der Waals surface area contributed by atoms with Gasteiger partial charge in [-0.1, -0.05) is 0 Å². The number of aromatic nitrogens is 1. The molecule has 4 nitrogen and oxygen atoms in total. The molecule has 0 aromatic carbocycles. The average Bonchev–Trinajstić information content (AvgIpc) is 2.43. The van der Waals surface area contributed by atoms with E-state index >= 15 is 0 Å². The summed E-state index contributed by atoms with van der Waals surface area (Å²) in [6.45, 7) is 0. The molecule has 0 radical (unpaired) electrons. The number of hydrogen-bond acceptors (Lipinski definition) is 3. The normalized spacial score (nSPS) is 10.5. The van der Waals surface area contributed by atoms with Crippen molar-refractivity contribution in [1.29, 1.82) is 0 Å². The number of carboxylic acids is 1. The molecule has 0 atom stereocenters. The largest absolute Gasteiger partial charge is 0.477 e. The number of carboxylic acid groups (broad SMARTS) is 1. The van der Waals surface area contributed by atoms with Gasteiger partial charge in [-0.2, -0.15) is 0 Å². The van der Waals surface area contributed by atoms with Gasteiger partial charge in [-0.25, -0.2) is 4.79 Å². The van der Waals surface area contributed by atoms with Gasteiger partial charge in [0.15, 0.2) is 10.3 Å². The molecule has 0 amide bonds. The van der Waals surface area contributed by atoms with Gasteiger partial charge in [0, 0.05) is 23.8 Å². The monoisotopic (exact) mass is 241 g/mol. The van der Waals surface area contributed by atoms with E-state index in [-0.39, 0.29) is 5.56 Å². The van der Waals surface area contributed by atoms with E-state index in [0.29, 0.717) is 15.6 Å². The average molecular weight is 242 g/mol. The maximum Gasteiger partial charge on any atom is 0.341 e. The van der Waals surface area contributed by atoms with Gasteiger partial charge in [0.2, 0.25) is 0 Å². The zero-order chi connectivity index (χ0) is 9.42. The second-order valence-electron chi connectivity index (χ2n) is 2.46. The molecule has 5 heteroatoms. The number of fused-ring (bicyclic) bond motifs is 1. The summed E-state index contributed by atoms with van der Waals surface area (Å²) in [5, 5.41) is 9.45. The number of carbonyl (C=O) groups is 1. The van der Waals surface area contributed by atoms with Gasteiger partial charge in [-0.3, -0.25) is 4.98 Å². The third kappa shape index (κ3) is 1.31. The molecule has 2 rings (SSSR count). The van der Waals surface area contributed by atoms with Gasteiger partial charge in [0.05, 0.1) is 0 Å². The van der Waals surface area contributed by atoms with E-state index in [0.717, 1.165) is 0 Å². The fourth-order valence-corrected chi connectivity index (χ4v) is 1.49. The molecule has 0 saturated heterocycles. The van der Waals surface area contributed by atoms with Crippen molar-refractivity contribution >= 4 is 32.9 Å². The zero-order valence-electron chi connectivity index (χ0n) is 6.32. The molecule has 13 heavy (non-hydrogen) atoms. The molecule has 0 fully saturated rings. The molecule has 0 spiro atoms. The highest BCUT2D eigenvalue weighted by atomic mass is 79.9. The topological polar surface area (TPSA) is 63.3 Å². The smallest absolute Gasteiger partial charge is 0.341 e. The third-order valence-electron chi connectivity index (χ3n) is 1.62. The van der Waals surface area contributed by atoms with Crippen LogP contribution in [0.25, 0.3) is 11.0 Å². The van der Waals surface area contributed by atoms with Crippen LogP contribution in [-0.2, 0) is 0 Å². The minimum Gasteiger partial charge on any atom is -0.477 e.